The van der Waals surface area contributed by atoms with Gasteiger partial charge < -0.3 is 10.1 Å². The van der Waals surface area contributed by atoms with Crippen molar-refractivity contribution in [1.29, 1.82) is 0 Å². The van der Waals surface area contributed by atoms with E-state index in [-0.39, 0.29) is 6.10 Å². The van der Waals surface area contributed by atoms with Crippen LogP contribution in [0.2, 0.25) is 0 Å². The quantitative estimate of drug-likeness (QED) is 0.680. The molecule has 1 aromatic rings. The number of aryl methyl sites for hydroxylation is 1. The highest BCUT2D eigenvalue weighted by atomic mass is 16.3. The van der Waals surface area contributed by atoms with Crippen LogP contribution >= 0.6 is 0 Å². The number of hydrogen-bond acceptors (Lipinski definition) is 1. The Kier molecular flexibility index (Phi) is 5.76. The highest BCUT2D eigenvalue weighted by Crippen LogP contribution is 2.26. The van der Waals surface area contributed by atoms with Crippen LogP contribution < -0.4 is 0 Å². The number of aromatic amines is 1. The van der Waals surface area contributed by atoms with Crippen molar-refractivity contribution in [3.63, 3.8) is 0 Å². The number of unbranched alkanes of at least 4 members (excludes halogenated alkanes) is 4. The molecule has 1 aromatic heterocycles. The Hall–Kier alpha value is -0.760. The summed E-state index contributed by atoms with van der Waals surface area (Å²) in [5.41, 5.74) is 4.71. The maximum atomic E-state index is 10.2. The summed E-state index contributed by atoms with van der Waals surface area (Å²) in [7, 11) is 0. The Labute approximate surface area is 105 Å². The number of H-pyrrole nitrogens is 1. The van der Waals surface area contributed by atoms with E-state index in [1.165, 1.54) is 42.5 Å². The van der Waals surface area contributed by atoms with E-state index in [1.54, 1.807) is 0 Å². The molecule has 0 aliphatic carbocycles. The first-order valence-electron chi connectivity index (χ1n) is 6.91. The lowest BCUT2D eigenvalue weighted by atomic mass is 10.0. The summed E-state index contributed by atoms with van der Waals surface area (Å²) in [5, 5.41) is 10.2. The molecule has 1 unspecified atom stereocenters. The standard InChI is InChI=1S/C15H27NO/c1-5-6-7-8-9-10-14(17)15-12(3)11(2)13(4)16-15/h14,16-17H,5-10H2,1-4H3. The molecule has 98 valence electrons. The second-order valence-electron chi connectivity index (χ2n) is 5.13. The van der Waals surface area contributed by atoms with Crippen molar-refractivity contribution in [3.8, 4) is 0 Å². The highest BCUT2D eigenvalue weighted by molar-refractivity contribution is 5.35. The van der Waals surface area contributed by atoms with Crippen molar-refractivity contribution < 1.29 is 5.11 Å². The Morgan fingerprint density at radius 2 is 1.65 bits per heavy atom. The fourth-order valence-electron chi connectivity index (χ4n) is 2.29. The van der Waals surface area contributed by atoms with Gasteiger partial charge in [-0.2, -0.15) is 0 Å². The van der Waals surface area contributed by atoms with Crippen LogP contribution in [0.4, 0.5) is 0 Å². The molecule has 2 N–H and O–H groups in total. The van der Waals surface area contributed by atoms with Gasteiger partial charge in [0.05, 0.1) is 6.10 Å². The van der Waals surface area contributed by atoms with Crippen molar-refractivity contribution in [2.75, 3.05) is 0 Å². The zero-order chi connectivity index (χ0) is 12.8. The average Bonchev–Trinajstić information content (AvgIpc) is 2.56. The first kappa shape index (κ1) is 14.3. The van der Waals surface area contributed by atoms with Crippen molar-refractivity contribution in [3.05, 3.63) is 22.5 Å². The van der Waals surface area contributed by atoms with Crippen molar-refractivity contribution in [2.24, 2.45) is 0 Å². The van der Waals surface area contributed by atoms with Crippen LogP contribution in [-0.2, 0) is 0 Å². The Balaban J connectivity index is 2.41. The predicted molar refractivity (Wildman–Crippen MR) is 73.3 cm³/mol. The van der Waals surface area contributed by atoms with E-state index in [1.807, 2.05) is 0 Å². The van der Waals surface area contributed by atoms with Crippen LogP contribution in [0.5, 0.6) is 0 Å². The molecule has 17 heavy (non-hydrogen) atoms. The number of rotatable bonds is 7. The zero-order valence-electron chi connectivity index (χ0n) is 11.8. The normalized spacial score (nSPS) is 13.0. The molecule has 2 nitrogen and oxygen atoms in total. The number of aliphatic hydroxyl groups excluding tert-OH is 1. The van der Waals surface area contributed by atoms with Gasteiger partial charge in [0.15, 0.2) is 0 Å². The smallest absolute Gasteiger partial charge is 0.0940 e. The first-order chi connectivity index (χ1) is 8.07. The molecule has 0 bridgehead atoms. The zero-order valence-corrected chi connectivity index (χ0v) is 11.8. The number of aromatic nitrogens is 1. The van der Waals surface area contributed by atoms with Crippen LogP contribution in [0, 0.1) is 20.8 Å². The average molecular weight is 237 g/mol. The first-order valence-corrected chi connectivity index (χ1v) is 6.91. The molecule has 1 atom stereocenters. The maximum Gasteiger partial charge on any atom is 0.0940 e. The lowest BCUT2D eigenvalue weighted by molar-refractivity contribution is 0.158. The van der Waals surface area contributed by atoms with Gasteiger partial charge in [-0.15, -0.1) is 0 Å². The molecule has 2 heteroatoms. The van der Waals surface area contributed by atoms with E-state index in [9.17, 15) is 5.11 Å². The van der Waals surface area contributed by atoms with Crippen molar-refractivity contribution in [1.82, 2.24) is 4.98 Å². The molecule has 0 saturated heterocycles. The summed E-state index contributed by atoms with van der Waals surface area (Å²) in [6.45, 7) is 8.50. The Bertz CT molecular complexity index is 341. The third kappa shape index (κ3) is 3.88. The fraction of sp³-hybridized carbons (Fsp3) is 0.733. The molecule has 0 aliphatic rings. The third-order valence-corrected chi connectivity index (χ3v) is 3.77. The van der Waals surface area contributed by atoms with Gasteiger partial charge in [-0.25, -0.2) is 0 Å². The van der Waals surface area contributed by atoms with Crippen LogP contribution in [0.15, 0.2) is 0 Å². The summed E-state index contributed by atoms with van der Waals surface area (Å²) in [4.78, 5) is 3.31. The lowest BCUT2D eigenvalue weighted by Gasteiger charge is -2.10. The van der Waals surface area contributed by atoms with Gasteiger partial charge in [-0.05, 0) is 38.3 Å². The van der Waals surface area contributed by atoms with Gasteiger partial charge in [0, 0.05) is 11.4 Å². The van der Waals surface area contributed by atoms with E-state index < -0.39 is 0 Å². The minimum atomic E-state index is -0.316. The van der Waals surface area contributed by atoms with Gasteiger partial charge in [0.25, 0.3) is 0 Å². The molecule has 0 saturated carbocycles. The Morgan fingerprint density at radius 3 is 2.18 bits per heavy atom. The Morgan fingerprint density at radius 1 is 1.00 bits per heavy atom. The molecule has 0 aromatic carbocycles. The second-order valence-corrected chi connectivity index (χ2v) is 5.13. The van der Waals surface area contributed by atoms with Gasteiger partial charge >= 0.3 is 0 Å². The summed E-state index contributed by atoms with van der Waals surface area (Å²) in [6, 6.07) is 0. The summed E-state index contributed by atoms with van der Waals surface area (Å²) in [6.07, 6.45) is 6.81. The van der Waals surface area contributed by atoms with Crippen LogP contribution in [0.3, 0.4) is 0 Å². The SMILES string of the molecule is CCCCCCCC(O)c1[nH]c(C)c(C)c1C. The summed E-state index contributed by atoms with van der Waals surface area (Å²) < 4.78 is 0. The molecule has 0 radical (unpaired) electrons. The van der Waals surface area contributed by atoms with Gasteiger partial charge in [0.2, 0.25) is 0 Å². The molecule has 0 amide bonds. The highest BCUT2D eigenvalue weighted by Gasteiger charge is 2.14. The molecule has 0 spiro atoms. The van der Waals surface area contributed by atoms with Crippen LogP contribution in [-0.4, -0.2) is 10.1 Å². The van der Waals surface area contributed by atoms with Gasteiger partial charge in [0.1, 0.15) is 0 Å². The van der Waals surface area contributed by atoms with Crippen molar-refractivity contribution in [2.45, 2.75) is 72.3 Å². The largest absolute Gasteiger partial charge is 0.387 e. The number of nitrogens with one attached hydrogen (secondary N) is 1. The molecule has 1 heterocycles. The van der Waals surface area contributed by atoms with Crippen LogP contribution in [0.25, 0.3) is 0 Å². The van der Waals surface area contributed by atoms with Crippen molar-refractivity contribution >= 4 is 0 Å². The molecule has 0 fully saturated rings. The number of aliphatic hydroxyl groups is 1. The predicted octanol–water partition coefficient (Wildman–Crippen LogP) is 4.33. The van der Waals surface area contributed by atoms with E-state index in [2.05, 4.69) is 32.7 Å². The molecule has 0 aliphatic heterocycles. The third-order valence-electron chi connectivity index (χ3n) is 3.77. The topological polar surface area (TPSA) is 36.0 Å². The summed E-state index contributed by atoms with van der Waals surface area (Å²) in [5.74, 6) is 0. The van der Waals surface area contributed by atoms with Gasteiger partial charge in [-0.3, -0.25) is 0 Å². The molecular formula is C15H27NO. The monoisotopic (exact) mass is 237 g/mol. The minimum Gasteiger partial charge on any atom is -0.387 e. The van der Waals surface area contributed by atoms with Gasteiger partial charge in [-0.1, -0.05) is 39.0 Å². The second kappa shape index (κ2) is 6.85. The van der Waals surface area contributed by atoms with E-state index in [0.29, 0.717) is 0 Å². The van der Waals surface area contributed by atoms with E-state index in [0.717, 1.165) is 18.5 Å². The van der Waals surface area contributed by atoms with E-state index in [4.69, 9.17) is 0 Å². The summed E-state index contributed by atoms with van der Waals surface area (Å²) >= 11 is 0. The van der Waals surface area contributed by atoms with E-state index >= 15 is 0 Å². The number of hydrogen-bond donors (Lipinski definition) is 2. The van der Waals surface area contributed by atoms with Crippen LogP contribution in [0.1, 0.15) is 74.1 Å². The minimum absolute atomic E-state index is 0.316. The molecular weight excluding hydrogens is 210 g/mol. The fourth-order valence-corrected chi connectivity index (χ4v) is 2.29. The lowest BCUT2D eigenvalue weighted by Crippen LogP contribution is -2.00. The maximum absolute atomic E-state index is 10.2. The molecule has 1 rings (SSSR count).